The normalized spacial score (nSPS) is 14.5. The molecule has 1 aromatic heterocycles. The van der Waals surface area contributed by atoms with Crippen LogP contribution in [0.4, 0.5) is 5.69 Å². The van der Waals surface area contributed by atoms with Crippen LogP contribution >= 0.6 is 0 Å². The Hall–Kier alpha value is -3.42. The number of nitrogens with zero attached hydrogens (tertiary/aromatic N) is 1. The number of para-hydroxylation sites is 1. The lowest BCUT2D eigenvalue weighted by molar-refractivity contribution is -0.134. The number of carbonyl (C=O) groups excluding carboxylic acids is 3. The van der Waals surface area contributed by atoms with Gasteiger partial charge in [-0.1, -0.05) is 26.3 Å². The minimum absolute atomic E-state index is 0.0820. The van der Waals surface area contributed by atoms with Crippen LogP contribution in [0.15, 0.2) is 24.3 Å². The Morgan fingerprint density at radius 2 is 2.06 bits per heavy atom. The second-order valence-electron chi connectivity index (χ2n) is 7.91. The summed E-state index contributed by atoms with van der Waals surface area (Å²) in [5, 5.41) is 15.6. The van der Waals surface area contributed by atoms with Crippen LogP contribution in [0, 0.1) is 0 Å². The number of nitrogens with one attached hydrogen (secondary N) is 2. The minimum Gasteiger partial charge on any atom is -0.505 e. The Morgan fingerprint density at radius 1 is 1.25 bits per heavy atom. The van der Waals surface area contributed by atoms with Crippen molar-refractivity contribution in [2.75, 3.05) is 5.32 Å². The standard InChI is InChI=1S/C24H29N3O5/c1-3-5-9-18-21(32-22(29)7-4-2)12-15-11-16(13-20(15)27-18)26-24(31)17-8-6-10-19(23(17)30)25-14-28/h6,8,10,12,14,16,30H,3-5,7,9,11,13H2,1-2H3,(H,25,28)(H,26,31). The summed E-state index contributed by atoms with van der Waals surface area (Å²) >= 11 is 0. The van der Waals surface area contributed by atoms with Crippen LogP contribution in [0.3, 0.4) is 0 Å². The number of rotatable bonds is 10. The summed E-state index contributed by atoms with van der Waals surface area (Å²) < 4.78 is 5.59. The van der Waals surface area contributed by atoms with Crippen LogP contribution in [0.2, 0.25) is 0 Å². The topological polar surface area (TPSA) is 118 Å². The van der Waals surface area contributed by atoms with Crippen LogP contribution in [-0.4, -0.2) is 34.4 Å². The van der Waals surface area contributed by atoms with E-state index in [1.165, 1.54) is 12.1 Å². The molecule has 0 fully saturated rings. The first-order valence-corrected chi connectivity index (χ1v) is 11.0. The van der Waals surface area contributed by atoms with Gasteiger partial charge >= 0.3 is 5.97 Å². The van der Waals surface area contributed by atoms with Gasteiger partial charge in [-0.25, -0.2) is 0 Å². The summed E-state index contributed by atoms with van der Waals surface area (Å²) in [6.07, 6.45) is 5.27. The number of fused-ring (bicyclic) bond motifs is 1. The second kappa shape index (κ2) is 10.7. The van der Waals surface area contributed by atoms with Crippen molar-refractivity contribution in [1.82, 2.24) is 10.3 Å². The molecule has 0 spiro atoms. The Kier molecular flexibility index (Phi) is 7.81. The fraction of sp³-hybridized carbons (Fsp3) is 0.417. The summed E-state index contributed by atoms with van der Waals surface area (Å²) in [6, 6.07) is 6.26. The number of hydrogen-bond donors (Lipinski definition) is 3. The number of phenols is 1. The van der Waals surface area contributed by atoms with E-state index < -0.39 is 5.91 Å². The molecular formula is C24H29N3O5. The van der Waals surface area contributed by atoms with E-state index in [0.717, 1.165) is 36.2 Å². The zero-order chi connectivity index (χ0) is 23.1. The average molecular weight is 440 g/mol. The van der Waals surface area contributed by atoms with Crippen LogP contribution in [0.1, 0.15) is 66.8 Å². The summed E-state index contributed by atoms with van der Waals surface area (Å²) in [5.74, 6) is -0.476. The molecule has 1 aliphatic carbocycles. The number of phenolic OH excluding ortho intramolecular Hbond substituents is 1. The number of esters is 1. The van der Waals surface area contributed by atoms with E-state index in [2.05, 4.69) is 17.6 Å². The highest BCUT2D eigenvalue weighted by Crippen LogP contribution is 2.30. The number of benzene rings is 1. The van der Waals surface area contributed by atoms with Gasteiger partial charge in [0.2, 0.25) is 6.41 Å². The quantitative estimate of drug-likeness (QED) is 0.297. The fourth-order valence-electron chi connectivity index (χ4n) is 3.80. The first-order valence-electron chi connectivity index (χ1n) is 11.0. The molecule has 1 aromatic carbocycles. The first-order chi connectivity index (χ1) is 15.5. The van der Waals surface area contributed by atoms with Crippen LogP contribution in [-0.2, 0) is 28.9 Å². The highest BCUT2D eigenvalue weighted by molar-refractivity contribution is 5.99. The first kappa shape index (κ1) is 23.2. The van der Waals surface area contributed by atoms with E-state index in [-0.39, 0.29) is 29.0 Å². The maximum atomic E-state index is 12.7. The third-order valence-corrected chi connectivity index (χ3v) is 5.41. The molecule has 0 aliphatic heterocycles. The Morgan fingerprint density at radius 3 is 2.78 bits per heavy atom. The van der Waals surface area contributed by atoms with Crippen molar-refractivity contribution in [2.24, 2.45) is 0 Å². The highest BCUT2D eigenvalue weighted by Gasteiger charge is 2.28. The molecule has 32 heavy (non-hydrogen) atoms. The molecule has 1 unspecified atom stereocenters. The molecule has 3 N–H and O–H groups in total. The van der Waals surface area contributed by atoms with E-state index in [1.54, 1.807) is 6.07 Å². The van der Waals surface area contributed by atoms with Crippen LogP contribution in [0.25, 0.3) is 0 Å². The number of hydrogen-bond acceptors (Lipinski definition) is 6. The van der Waals surface area contributed by atoms with Gasteiger partial charge < -0.3 is 20.5 Å². The third-order valence-electron chi connectivity index (χ3n) is 5.41. The van der Waals surface area contributed by atoms with Crippen molar-refractivity contribution >= 4 is 24.0 Å². The minimum atomic E-state index is -0.435. The molecule has 170 valence electrons. The van der Waals surface area contributed by atoms with Gasteiger partial charge in [0.1, 0.15) is 0 Å². The molecule has 0 saturated heterocycles. The lowest BCUT2D eigenvalue weighted by atomic mass is 10.1. The van der Waals surface area contributed by atoms with Crippen molar-refractivity contribution in [2.45, 2.75) is 64.8 Å². The van der Waals surface area contributed by atoms with E-state index >= 15 is 0 Å². The van der Waals surface area contributed by atoms with Gasteiger partial charge in [0.05, 0.1) is 16.9 Å². The predicted molar refractivity (Wildman–Crippen MR) is 120 cm³/mol. The molecule has 8 nitrogen and oxygen atoms in total. The van der Waals surface area contributed by atoms with Gasteiger partial charge in [0.15, 0.2) is 11.5 Å². The SMILES string of the molecule is CCCCc1nc2c(cc1OC(=O)CCC)CC(NC(=O)c1cccc(NC=O)c1O)C2. The van der Waals surface area contributed by atoms with Gasteiger partial charge in [0.25, 0.3) is 5.91 Å². The summed E-state index contributed by atoms with van der Waals surface area (Å²) in [4.78, 5) is 40.2. The number of unbranched alkanes of at least 4 members (excludes halogenated alkanes) is 1. The van der Waals surface area contributed by atoms with Crippen molar-refractivity contribution in [1.29, 1.82) is 0 Å². The number of aromatic nitrogens is 1. The van der Waals surface area contributed by atoms with E-state index in [9.17, 15) is 19.5 Å². The maximum absolute atomic E-state index is 12.7. The summed E-state index contributed by atoms with van der Waals surface area (Å²) in [6.45, 7) is 4.02. The average Bonchev–Trinajstić information content (AvgIpc) is 3.14. The van der Waals surface area contributed by atoms with Gasteiger partial charge in [0, 0.05) is 24.6 Å². The molecule has 0 saturated carbocycles. The lowest BCUT2D eigenvalue weighted by Crippen LogP contribution is -2.35. The molecule has 0 radical (unpaired) electrons. The van der Waals surface area contributed by atoms with Gasteiger partial charge in [-0.15, -0.1) is 0 Å². The zero-order valence-electron chi connectivity index (χ0n) is 18.4. The number of amides is 2. The summed E-state index contributed by atoms with van der Waals surface area (Å²) in [5.41, 5.74) is 2.85. The van der Waals surface area contributed by atoms with Crippen LogP contribution in [0.5, 0.6) is 11.5 Å². The number of anilines is 1. The second-order valence-corrected chi connectivity index (χ2v) is 7.91. The van der Waals surface area contributed by atoms with Crippen LogP contribution < -0.4 is 15.4 Å². The molecular weight excluding hydrogens is 410 g/mol. The number of aryl methyl sites for hydroxylation is 1. The number of carbonyl (C=O) groups is 3. The molecule has 1 atom stereocenters. The fourth-order valence-corrected chi connectivity index (χ4v) is 3.80. The predicted octanol–water partition coefficient (Wildman–Crippen LogP) is 3.30. The molecule has 3 rings (SSSR count). The molecule has 8 heteroatoms. The highest BCUT2D eigenvalue weighted by atomic mass is 16.5. The van der Waals surface area contributed by atoms with Crippen molar-refractivity contribution in [3.63, 3.8) is 0 Å². The molecule has 0 bridgehead atoms. The van der Waals surface area contributed by atoms with E-state index in [4.69, 9.17) is 9.72 Å². The molecule has 1 aliphatic rings. The summed E-state index contributed by atoms with van der Waals surface area (Å²) in [7, 11) is 0. The van der Waals surface area contributed by atoms with Crippen molar-refractivity contribution < 1.29 is 24.2 Å². The van der Waals surface area contributed by atoms with Gasteiger partial charge in [-0.05, 0) is 49.4 Å². The number of ether oxygens (including phenoxy) is 1. The maximum Gasteiger partial charge on any atom is 0.311 e. The Bertz CT molecular complexity index is 1010. The third kappa shape index (κ3) is 5.43. The molecule has 2 amide bonds. The van der Waals surface area contributed by atoms with Crippen molar-refractivity contribution in [3.05, 3.63) is 46.8 Å². The van der Waals surface area contributed by atoms with E-state index in [1.807, 2.05) is 13.0 Å². The molecule has 2 aromatic rings. The largest absolute Gasteiger partial charge is 0.505 e. The van der Waals surface area contributed by atoms with E-state index in [0.29, 0.717) is 37.8 Å². The van der Waals surface area contributed by atoms with Gasteiger partial charge in [-0.2, -0.15) is 0 Å². The number of aromatic hydroxyl groups is 1. The Balaban J connectivity index is 1.76. The zero-order valence-corrected chi connectivity index (χ0v) is 18.4. The Labute approximate surface area is 187 Å². The van der Waals surface area contributed by atoms with Gasteiger partial charge in [-0.3, -0.25) is 19.4 Å². The van der Waals surface area contributed by atoms with Crippen molar-refractivity contribution in [3.8, 4) is 11.5 Å². The lowest BCUT2D eigenvalue weighted by Gasteiger charge is -2.13. The monoisotopic (exact) mass is 439 g/mol. The molecule has 1 heterocycles. The smallest absolute Gasteiger partial charge is 0.311 e. The number of pyridine rings is 1.